The predicted octanol–water partition coefficient (Wildman–Crippen LogP) is -0.540. The van der Waals surface area contributed by atoms with E-state index < -0.39 is 5.97 Å². The molecule has 2 heterocycles. The summed E-state index contributed by atoms with van der Waals surface area (Å²) in [7, 11) is 0. The van der Waals surface area contributed by atoms with E-state index in [9.17, 15) is 9.59 Å². The van der Waals surface area contributed by atoms with E-state index >= 15 is 0 Å². The highest BCUT2D eigenvalue weighted by molar-refractivity contribution is 5.78. The molecular formula is C12H16N6O4. The number of carboxylic acid groups (broad SMARTS) is 1. The summed E-state index contributed by atoms with van der Waals surface area (Å²) in [6.07, 6.45) is -0.161. The maximum absolute atomic E-state index is 11.7. The second kappa shape index (κ2) is 6.78. The lowest BCUT2D eigenvalue weighted by atomic mass is 10.2. The molecule has 0 unspecified atom stereocenters. The van der Waals surface area contributed by atoms with Gasteiger partial charge in [-0.25, -0.2) is 4.68 Å². The van der Waals surface area contributed by atoms with Gasteiger partial charge in [-0.05, 0) is 24.3 Å². The molecule has 0 bridgehead atoms. The van der Waals surface area contributed by atoms with E-state index in [0.717, 1.165) is 11.3 Å². The molecule has 2 aromatic rings. The topological polar surface area (TPSA) is 136 Å². The quantitative estimate of drug-likeness (QED) is 0.696. The highest BCUT2D eigenvalue weighted by atomic mass is 16.5. The summed E-state index contributed by atoms with van der Waals surface area (Å²) in [5, 5.41) is 26.1. The Labute approximate surface area is 125 Å². The predicted molar refractivity (Wildman–Crippen MR) is 71.9 cm³/mol. The zero-order chi connectivity index (χ0) is 16.1. The van der Waals surface area contributed by atoms with Crippen molar-refractivity contribution in [3.05, 3.63) is 22.8 Å². The Balaban J connectivity index is 1.98. The summed E-state index contributed by atoms with van der Waals surface area (Å²) < 4.78 is 6.56. The Morgan fingerprint density at radius 2 is 2.14 bits per heavy atom. The monoisotopic (exact) mass is 308 g/mol. The number of carbonyl (C=O) groups is 2. The van der Waals surface area contributed by atoms with E-state index in [4.69, 9.17) is 9.63 Å². The van der Waals surface area contributed by atoms with Gasteiger partial charge in [0.25, 0.3) is 0 Å². The van der Waals surface area contributed by atoms with Crippen LogP contribution in [0.3, 0.4) is 0 Å². The third-order valence-electron chi connectivity index (χ3n) is 3.07. The molecule has 2 rings (SSSR count). The van der Waals surface area contributed by atoms with Gasteiger partial charge in [-0.15, -0.1) is 5.10 Å². The van der Waals surface area contributed by atoms with Crippen molar-refractivity contribution in [2.24, 2.45) is 0 Å². The lowest BCUT2D eigenvalue weighted by Gasteiger charge is -2.05. The minimum Gasteiger partial charge on any atom is -0.481 e. The Morgan fingerprint density at radius 1 is 1.36 bits per heavy atom. The Bertz CT molecular complexity index is 657. The summed E-state index contributed by atoms with van der Waals surface area (Å²) in [4.78, 5) is 22.1. The number of carboxylic acids is 1. The molecule has 2 N–H and O–H groups in total. The van der Waals surface area contributed by atoms with Gasteiger partial charge >= 0.3 is 5.97 Å². The lowest BCUT2D eigenvalue weighted by molar-refractivity contribution is -0.136. The van der Waals surface area contributed by atoms with E-state index in [1.807, 2.05) is 6.92 Å². The van der Waals surface area contributed by atoms with Crippen molar-refractivity contribution >= 4 is 11.9 Å². The molecule has 0 aliphatic carbocycles. The van der Waals surface area contributed by atoms with E-state index in [1.54, 1.807) is 6.92 Å². The normalized spacial score (nSPS) is 10.6. The maximum Gasteiger partial charge on any atom is 0.305 e. The van der Waals surface area contributed by atoms with Crippen LogP contribution >= 0.6 is 0 Å². The number of nitrogens with zero attached hydrogens (tertiary/aromatic N) is 5. The van der Waals surface area contributed by atoms with E-state index in [2.05, 4.69) is 26.0 Å². The zero-order valence-electron chi connectivity index (χ0n) is 12.2. The van der Waals surface area contributed by atoms with Gasteiger partial charge in [0, 0.05) is 12.1 Å². The number of carbonyl (C=O) groups excluding carboxylic acids is 1. The number of aryl methyl sites for hydroxylation is 2. The van der Waals surface area contributed by atoms with Crippen molar-refractivity contribution in [3.8, 4) is 0 Å². The molecule has 0 saturated heterocycles. The van der Waals surface area contributed by atoms with Crippen LogP contribution in [-0.2, 0) is 22.6 Å². The first kappa shape index (κ1) is 15.6. The van der Waals surface area contributed by atoms with Crippen molar-refractivity contribution in [1.82, 2.24) is 30.7 Å². The zero-order valence-corrected chi connectivity index (χ0v) is 12.2. The molecule has 22 heavy (non-hydrogen) atoms. The van der Waals surface area contributed by atoms with Gasteiger partial charge in [-0.2, -0.15) is 0 Å². The number of aromatic nitrogens is 5. The van der Waals surface area contributed by atoms with Gasteiger partial charge in [0.2, 0.25) is 5.91 Å². The van der Waals surface area contributed by atoms with Gasteiger partial charge in [0.15, 0.2) is 5.82 Å². The van der Waals surface area contributed by atoms with Crippen LogP contribution in [0.2, 0.25) is 0 Å². The Kier molecular flexibility index (Phi) is 4.81. The molecule has 0 radical (unpaired) electrons. The van der Waals surface area contributed by atoms with Crippen molar-refractivity contribution in [1.29, 1.82) is 0 Å². The largest absolute Gasteiger partial charge is 0.481 e. The fourth-order valence-corrected chi connectivity index (χ4v) is 1.86. The summed E-state index contributed by atoms with van der Waals surface area (Å²) in [6, 6.07) is 0. The van der Waals surface area contributed by atoms with Crippen molar-refractivity contribution < 1.29 is 19.2 Å². The maximum atomic E-state index is 11.7. The fraction of sp³-hybridized carbons (Fsp3) is 0.500. The Hall–Kier alpha value is -2.78. The molecule has 0 saturated carbocycles. The molecule has 0 atom stereocenters. The molecular weight excluding hydrogens is 292 g/mol. The van der Waals surface area contributed by atoms with Gasteiger partial charge in [0.05, 0.1) is 25.1 Å². The molecule has 10 nitrogen and oxygen atoms in total. The molecule has 0 spiro atoms. The summed E-state index contributed by atoms with van der Waals surface area (Å²) >= 11 is 0. The van der Waals surface area contributed by atoms with Crippen LogP contribution in [0.15, 0.2) is 4.52 Å². The molecule has 0 aliphatic rings. The summed E-state index contributed by atoms with van der Waals surface area (Å²) in [5.41, 5.74) is 1.60. The number of hydrogen-bond donors (Lipinski definition) is 2. The number of hydrogen-bond acceptors (Lipinski definition) is 7. The molecule has 10 heteroatoms. The van der Waals surface area contributed by atoms with Crippen molar-refractivity contribution in [2.45, 2.75) is 33.2 Å². The minimum absolute atomic E-state index is 0.0318. The number of amides is 1. The van der Waals surface area contributed by atoms with Crippen LogP contribution in [0.5, 0.6) is 0 Å². The SMILES string of the molecule is Cc1noc(C)c1Cn1nnnc1CC(=O)NCCC(=O)O. The van der Waals surface area contributed by atoms with Crippen LogP contribution in [0.1, 0.15) is 29.3 Å². The van der Waals surface area contributed by atoms with Gasteiger partial charge in [-0.1, -0.05) is 5.16 Å². The van der Waals surface area contributed by atoms with Crippen LogP contribution in [-0.4, -0.2) is 48.9 Å². The molecule has 0 aromatic carbocycles. The minimum atomic E-state index is -0.969. The Morgan fingerprint density at radius 3 is 2.77 bits per heavy atom. The number of aliphatic carboxylic acids is 1. The molecule has 0 aliphatic heterocycles. The van der Waals surface area contributed by atoms with Crippen LogP contribution in [0.25, 0.3) is 0 Å². The molecule has 1 amide bonds. The van der Waals surface area contributed by atoms with Crippen LogP contribution in [0.4, 0.5) is 0 Å². The molecule has 118 valence electrons. The van der Waals surface area contributed by atoms with Gasteiger partial charge in [0.1, 0.15) is 5.76 Å². The van der Waals surface area contributed by atoms with E-state index in [1.165, 1.54) is 4.68 Å². The van der Waals surface area contributed by atoms with E-state index in [-0.39, 0.29) is 25.3 Å². The van der Waals surface area contributed by atoms with Crippen molar-refractivity contribution in [2.75, 3.05) is 6.54 Å². The van der Waals surface area contributed by atoms with Crippen LogP contribution in [0, 0.1) is 13.8 Å². The molecule has 0 fully saturated rings. The van der Waals surface area contributed by atoms with Crippen molar-refractivity contribution in [3.63, 3.8) is 0 Å². The average Bonchev–Trinajstić information content (AvgIpc) is 3.00. The third kappa shape index (κ3) is 3.87. The second-order valence-corrected chi connectivity index (χ2v) is 4.73. The fourth-order valence-electron chi connectivity index (χ4n) is 1.86. The van der Waals surface area contributed by atoms with Gasteiger partial charge in [-0.3, -0.25) is 9.59 Å². The number of tetrazole rings is 1. The first-order valence-electron chi connectivity index (χ1n) is 6.62. The smallest absolute Gasteiger partial charge is 0.305 e. The highest BCUT2D eigenvalue weighted by Gasteiger charge is 2.15. The van der Waals surface area contributed by atoms with E-state index in [0.29, 0.717) is 18.1 Å². The number of nitrogens with one attached hydrogen (secondary N) is 1. The number of rotatable bonds is 7. The standard InChI is InChI=1S/C12H16N6O4/c1-7-9(8(2)22-15-7)6-18-10(14-16-17-18)5-11(19)13-4-3-12(20)21/h3-6H2,1-2H3,(H,13,19)(H,20,21). The first-order chi connectivity index (χ1) is 10.5. The first-order valence-corrected chi connectivity index (χ1v) is 6.62. The highest BCUT2D eigenvalue weighted by Crippen LogP contribution is 2.13. The summed E-state index contributed by atoms with van der Waals surface area (Å²) in [6.45, 7) is 4.03. The molecule has 2 aromatic heterocycles. The van der Waals surface area contributed by atoms with Crippen LogP contribution < -0.4 is 5.32 Å². The summed E-state index contributed by atoms with van der Waals surface area (Å²) in [5.74, 6) is -0.253. The lowest BCUT2D eigenvalue weighted by Crippen LogP contribution is -2.28. The third-order valence-corrected chi connectivity index (χ3v) is 3.07. The van der Waals surface area contributed by atoms with Gasteiger partial charge < -0.3 is 14.9 Å². The average molecular weight is 308 g/mol. The second-order valence-electron chi connectivity index (χ2n) is 4.73.